The fourth-order valence-corrected chi connectivity index (χ4v) is 2.25. The molecule has 1 unspecified atom stereocenters. The molecule has 8 heteroatoms. The Kier molecular flexibility index (Phi) is 9.40. The highest BCUT2D eigenvalue weighted by atomic mass is 19.3. The number of rotatable bonds is 9. The summed E-state index contributed by atoms with van der Waals surface area (Å²) in [6, 6.07) is 6.62. The monoisotopic (exact) mass is 370 g/mol. The van der Waals surface area contributed by atoms with E-state index in [9.17, 15) is 13.6 Å². The topological polar surface area (TPSA) is 66.0 Å². The van der Waals surface area contributed by atoms with Crippen LogP contribution < -0.4 is 15.4 Å². The van der Waals surface area contributed by atoms with Crippen LogP contribution in [0.25, 0.3) is 0 Å². The molecule has 0 aliphatic rings. The van der Waals surface area contributed by atoms with Gasteiger partial charge in [0, 0.05) is 39.6 Å². The van der Waals surface area contributed by atoms with Gasteiger partial charge in [-0.1, -0.05) is 19.1 Å². The highest BCUT2D eigenvalue weighted by Crippen LogP contribution is 2.15. The smallest absolute Gasteiger partial charge is 0.387 e. The van der Waals surface area contributed by atoms with Gasteiger partial charge in [0.1, 0.15) is 5.75 Å². The number of nitrogens with one attached hydrogen (secondary N) is 2. The van der Waals surface area contributed by atoms with Crippen LogP contribution in [-0.2, 0) is 11.3 Å². The first kappa shape index (κ1) is 21.7. The van der Waals surface area contributed by atoms with Crippen LogP contribution in [-0.4, -0.2) is 50.1 Å². The number of nitrogens with zero attached hydrogens (tertiary/aromatic N) is 2. The van der Waals surface area contributed by atoms with Crippen LogP contribution in [0.2, 0.25) is 0 Å². The van der Waals surface area contributed by atoms with E-state index in [2.05, 4.69) is 20.4 Å². The van der Waals surface area contributed by atoms with E-state index in [-0.39, 0.29) is 17.7 Å². The molecule has 0 fully saturated rings. The molecule has 26 heavy (non-hydrogen) atoms. The lowest BCUT2D eigenvalue weighted by atomic mass is 10.2. The zero-order chi connectivity index (χ0) is 19.5. The summed E-state index contributed by atoms with van der Waals surface area (Å²) < 4.78 is 28.7. The molecule has 2 N–H and O–H groups in total. The molecule has 1 aromatic carbocycles. The third-order valence-corrected chi connectivity index (χ3v) is 3.80. The molecule has 0 radical (unpaired) electrons. The second kappa shape index (κ2) is 11.3. The Bertz CT molecular complexity index is 579. The van der Waals surface area contributed by atoms with Crippen molar-refractivity contribution in [3.8, 4) is 5.75 Å². The Balaban J connectivity index is 2.46. The molecule has 0 bridgehead atoms. The van der Waals surface area contributed by atoms with Crippen molar-refractivity contribution in [2.75, 3.05) is 20.6 Å². The first-order valence-corrected chi connectivity index (χ1v) is 8.60. The van der Waals surface area contributed by atoms with E-state index in [1.54, 1.807) is 19.2 Å². The zero-order valence-corrected chi connectivity index (χ0v) is 15.8. The van der Waals surface area contributed by atoms with E-state index in [1.807, 2.05) is 25.8 Å². The van der Waals surface area contributed by atoms with Crippen LogP contribution in [0.1, 0.15) is 32.3 Å². The summed E-state index contributed by atoms with van der Waals surface area (Å²) in [7, 11) is 3.52. The number of alkyl halides is 2. The summed E-state index contributed by atoms with van der Waals surface area (Å²) in [5.74, 6) is 0.773. The molecule has 1 rings (SSSR count). The van der Waals surface area contributed by atoms with E-state index in [1.165, 1.54) is 12.1 Å². The third kappa shape index (κ3) is 8.13. The van der Waals surface area contributed by atoms with Crippen molar-refractivity contribution in [1.82, 2.24) is 15.5 Å². The fraction of sp³-hybridized carbons (Fsp3) is 0.556. The van der Waals surface area contributed by atoms with E-state index in [0.717, 1.165) is 12.0 Å². The van der Waals surface area contributed by atoms with Crippen molar-refractivity contribution in [2.24, 2.45) is 4.99 Å². The molecule has 0 spiro atoms. The second-order valence-corrected chi connectivity index (χ2v) is 5.98. The molecule has 1 aromatic rings. The number of halogens is 2. The van der Waals surface area contributed by atoms with Gasteiger partial charge in [0.25, 0.3) is 0 Å². The van der Waals surface area contributed by atoms with Crippen LogP contribution in [0, 0.1) is 0 Å². The minimum absolute atomic E-state index is 0.000394. The zero-order valence-electron chi connectivity index (χ0n) is 15.8. The SMILES string of the molecule is CCC(C)NC(=O)CCNC(=NC)N(C)Cc1ccc(OC(F)F)cc1. The molecule has 0 saturated carbocycles. The summed E-state index contributed by atoms with van der Waals surface area (Å²) in [5, 5.41) is 6.05. The number of hydrogen-bond donors (Lipinski definition) is 2. The summed E-state index contributed by atoms with van der Waals surface area (Å²) >= 11 is 0. The van der Waals surface area contributed by atoms with Gasteiger partial charge in [0.2, 0.25) is 5.91 Å². The van der Waals surface area contributed by atoms with Gasteiger partial charge >= 0.3 is 6.61 Å². The average Bonchev–Trinajstić information content (AvgIpc) is 2.59. The van der Waals surface area contributed by atoms with Gasteiger partial charge in [0.15, 0.2) is 5.96 Å². The van der Waals surface area contributed by atoms with Crippen molar-refractivity contribution in [3.05, 3.63) is 29.8 Å². The maximum atomic E-state index is 12.2. The minimum atomic E-state index is -2.83. The highest BCUT2D eigenvalue weighted by Gasteiger charge is 2.10. The van der Waals surface area contributed by atoms with Crippen LogP contribution in [0.3, 0.4) is 0 Å². The van der Waals surface area contributed by atoms with E-state index in [4.69, 9.17) is 0 Å². The quantitative estimate of drug-likeness (QED) is 0.518. The maximum absolute atomic E-state index is 12.2. The third-order valence-electron chi connectivity index (χ3n) is 3.80. The van der Waals surface area contributed by atoms with Gasteiger partial charge in [-0.3, -0.25) is 9.79 Å². The average molecular weight is 370 g/mol. The number of carbonyl (C=O) groups excluding carboxylic acids is 1. The first-order chi connectivity index (χ1) is 12.3. The molecule has 1 amide bonds. The van der Waals surface area contributed by atoms with Crippen molar-refractivity contribution < 1.29 is 18.3 Å². The van der Waals surface area contributed by atoms with Gasteiger partial charge in [-0.2, -0.15) is 8.78 Å². The lowest BCUT2D eigenvalue weighted by molar-refractivity contribution is -0.121. The molecular weight excluding hydrogens is 342 g/mol. The molecule has 0 heterocycles. The van der Waals surface area contributed by atoms with E-state index < -0.39 is 6.61 Å². The molecule has 0 aromatic heterocycles. The number of hydrogen-bond acceptors (Lipinski definition) is 3. The van der Waals surface area contributed by atoms with Crippen LogP contribution in [0.15, 0.2) is 29.3 Å². The van der Waals surface area contributed by atoms with Gasteiger partial charge < -0.3 is 20.3 Å². The van der Waals surface area contributed by atoms with E-state index in [0.29, 0.717) is 25.5 Å². The fourth-order valence-electron chi connectivity index (χ4n) is 2.25. The largest absolute Gasteiger partial charge is 0.435 e. The maximum Gasteiger partial charge on any atom is 0.387 e. The van der Waals surface area contributed by atoms with Crippen molar-refractivity contribution in [3.63, 3.8) is 0 Å². The van der Waals surface area contributed by atoms with Crippen LogP contribution in [0.4, 0.5) is 8.78 Å². The predicted octanol–water partition coefficient (Wildman–Crippen LogP) is 2.60. The summed E-state index contributed by atoms with van der Waals surface area (Å²) in [4.78, 5) is 17.9. The molecule has 0 saturated heterocycles. The number of amides is 1. The Hall–Kier alpha value is -2.38. The Labute approximate surface area is 153 Å². The highest BCUT2D eigenvalue weighted by molar-refractivity contribution is 5.81. The molecule has 1 atom stereocenters. The lowest BCUT2D eigenvalue weighted by Gasteiger charge is -2.22. The minimum Gasteiger partial charge on any atom is -0.435 e. The number of aliphatic imine (C=N–C) groups is 1. The number of ether oxygens (including phenoxy) is 1. The van der Waals surface area contributed by atoms with Gasteiger partial charge in [-0.15, -0.1) is 0 Å². The van der Waals surface area contributed by atoms with Gasteiger partial charge in [-0.25, -0.2) is 0 Å². The normalized spacial score (nSPS) is 12.7. The Morgan fingerprint density at radius 2 is 1.96 bits per heavy atom. The second-order valence-electron chi connectivity index (χ2n) is 5.98. The molecule has 0 aliphatic carbocycles. The lowest BCUT2D eigenvalue weighted by Crippen LogP contribution is -2.41. The van der Waals surface area contributed by atoms with E-state index >= 15 is 0 Å². The molecule has 146 valence electrons. The summed E-state index contributed by atoms with van der Waals surface area (Å²) in [6.07, 6.45) is 1.25. The van der Waals surface area contributed by atoms with Crippen LogP contribution >= 0.6 is 0 Å². The number of carbonyl (C=O) groups is 1. The summed E-state index contributed by atoms with van der Waals surface area (Å²) in [6.45, 7) is 2.17. The van der Waals surface area contributed by atoms with Gasteiger partial charge in [0.05, 0.1) is 0 Å². The number of guanidine groups is 1. The molecular formula is C18H28F2N4O2. The standard InChI is InChI=1S/C18H28F2N4O2/c1-5-13(2)23-16(25)10-11-22-18(21-3)24(4)12-14-6-8-15(9-7-14)26-17(19)20/h6-9,13,17H,5,10-12H2,1-4H3,(H,21,22)(H,23,25). The molecule has 0 aliphatic heterocycles. The van der Waals surface area contributed by atoms with Crippen molar-refractivity contribution in [2.45, 2.75) is 45.9 Å². The Morgan fingerprint density at radius 3 is 2.50 bits per heavy atom. The Morgan fingerprint density at radius 1 is 1.31 bits per heavy atom. The summed E-state index contributed by atoms with van der Waals surface area (Å²) in [5.41, 5.74) is 0.923. The predicted molar refractivity (Wildman–Crippen MR) is 98.4 cm³/mol. The van der Waals surface area contributed by atoms with Crippen LogP contribution in [0.5, 0.6) is 5.75 Å². The first-order valence-electron chi connectivity index (χ1n) is 8.60. The molecule has 6 nitrogen and oxygen atoms in total. The van der Waals surface area contributed by atoms with Gasteiger partial charge in [-0.05, 0) is 31.0 Å². The van der Waals surface area contributed by atoms with Crippen molar-refractivity contribution >= 4 is 11.9 Å². The number of benzene rings is 1. The van der Waals surface area contributed by atoms with Crippen molar-refractivity contribution in [1.29, 1.82) is 0 Å².